The van der Waals surface area contributed by atoms with Gasteiger partial charge in [0.25, 0.3) is 0 Å². The summed E-state index contributed by atoms with van der Waals surface area (Å²) >= 11 is 5.79. The van der Waals surface area contributed by atoms with Gasteiger partial charge in [-0.25, -0.2) is 9.18 Å². The molecular weight excluding hydrogens is 271 g/mol. The SMILES string of the molecule is O=C(O)c1ccc(COc2cccc(Cl)c2)c(F)c1. The second-order valence-electron chi connectivity index (χ2n) is 3.86. The molecule has 2 aromatic rings. The second-order valence-corrected chi connectivity index (χ2v) is 4.29. The lowest BCUT2D eigenvalue weighted by molar-refractivity contribution is 0.0696. The third-order valence-corrected chi connectivity index (χ3v) is 2.73. The highest BCUT2D eigenvalue weighted by molar-refractivity contribution is 6.30. The van der Waals surface area contributed by atoms with Gasteiger partial charge in [0.1, 0.15) is 18.2 Å². The Morgan fingerprint density at radius 3 is 2.68 bits per heavy atom. The Kier molecular flexibility index (Phi) is 4.02. The molecule has 2 aromatic carbocycles. The van der Waals surface area contributed by atoms with Crippen molar-refractivity contribution in [3.63, 3.8) is 0 Å². The van der Waals surface area contributed by atoms with Gasteiger partial charge in [0.05, 0.1) is 5.56 Å². The second kappa shape index (κ2) is 5.71. The minimum atomic E-state index is -1.17. The van der Waals surface area contributed by atoms with Crippen molar-refractivity contribution in [2.75, 3.05) is 0 Å². The molecule has 0 unspecified atom stereocenters. The summed E-state index contributed by atoms with van der Waals surface area (Å²) in [4.78, 5) is 10.7. The monoisotopic (exact) mass is 280 g/mol. The number of carboxylic acids is 1. The van der Waals surface area contributed by atoms with Crippen LogP contribution in [0.2, 0.25) is 5.02 Å². The Morgan fingerprint density at radius 2 is 2.05 bits per heavy atom. The van der Waals surface area contributed by atoms with E-state index in [1.165, 1.54) is 12.1 Å². The van der Waals surface area contributed by atoms with Crippen LogP contribution in [-0.2, 0) is 6.61 Å². The number of halogens is 2. The van der Waals surface area contributed by atoms with E-state index in [2.05, 4.69) is 0 Å². The largest absolute Gasteiger partial charge is 0.489 e. The first-order valence-corrected chi connectivity index (χ1v) is 5.84. The van der Waals surface area contributed by atoms with Gasteiger partial charge in [-0.1, -0.05) is 23.7 Å². The van der Waals surface area contributed by atoms with Crippen LogP contribution in [0, 0.1) is 5.82 Å². The van der Waals surface area contributed by atoms with Crippen molar-refractivity contribution in [2.45, 2.75) is 6.61 Å². The summed E-state index contributed by atoms with van der Waals surface area (Å²) in [5.41, 5.74) is 0.189. The molecule has 19 heavy (non-hydrogen) atoms. The molecule has 98 valence electrons. The Balaban J connectivity index is 2.10. The molecule has 0 fully saturated rings. The molecule has 0 radical (unpaired) electrons. The molecule has 0 aliphatic rings. The summed E-state index contributed by atoms with van der Waals surface area (Å²) in [6, 6.07) is 10.4. The van der Waals surface area contributed by atoms with Gasteiger partial charge in [-0.15, -0.1) is 0 Å². The van der Waals surface area contributed by atoms with Crippen molar-refractivity contribution in [3.05, 3.63) is 64.4 Å². The topological polar surface area (TPSA) is 46.5 Å². The summed E-state index contributed by atoms with van der Waals surface area (Å²) in [6.45, 7) is 0.00603. The standard InChI is InChI=1S/C14H10ClFO3/c15-11-2-1-3-12(7-11)19-8-10-5-4-9(14(17)18)6-13(10)16/h1-7H,8H2,(H,17,18). The van der Waals surface area contributed by atoms with Crippen LogP contribution in [-0.4, -0.2) is 11.1 Å². The fraction of sp³-hybridized carbons (Fsp3) is 0.0714. The van der Waals surface area contributed by atoms with Gasteiger partial charge >= 0.3 is 5.97 Å². The lowest BCUT2D eigenvalue weighted by Gasteiger charge is -2.08. The first-order valence-electron chi connectivity index (χ1n) is 5.46. The van der Waals surface area contributed by atoms with Crippen molar-refractivity contribution >= 4 is 17.6 Å². The third kappa shape index (κ3) is 3.45. The van der Waals surface area contributed by atoms with E-state index >= 15 is 0 Å². The predicted molar refractivity (Wildman–Crippen MR) is 69.1 cm³/mol. The summed E-state index contributed by atoms with van der Waals surface area (Å²) in [5, 5.41) is 9.25. The highest BCUT2D eigenvalue weighted by Gasteiger charge is 2.08. The molecular formula is C14H10ClFO3. The molecule has 0 saturated carbocycles. The van der Waals surface area contributed by atoms with E-state index in [1.54, 1.807) is 24.3 Å². The average Bonchev–Trinajstić information content (AvgIpc) is 2.37. The normalized spacial score (nSPS) is 10.2. The number of carbonyl (C=O) groups is 1. The van der Waals surface area contributed by atoms with Crippen molar-refractivity contribution in [1.29, 1.82) is 0 Å². The smallest absolute Gasteiger partial charge is 0.335 e. The van der Waals surface area contributed by atoms with Gasteiger partial charge < -0.3 is 9.84 Å². The highest BCUT2D eigenvalue weighted by atomic mass is 35.5. The Morgan fingerprint density at radius 1 is 1.26 bits per heavy atom. The average molecular weight is 281 g/mol. The van der Waals surface area contributed by atoms with E-state index in [-0.39, 0.29) is 17.7 Å². The number of hydrogen-bond donors (Lipinski definition) is 1. The summed E-state index contributed by atoms with van der Waals surface area (Å²) in [5.74, 6) is -1.25. The zero-order valence-electron chi connectivity index (χ0n) is 9.77. The van der Waals surface area contributed by atoms with Gasteiger partial charge in [-0.05, 0) is 30.3 Å². The molecule has 0 spiro atoms. The van der Waals surface area contributed by atoms with Crippen LogP contribution in [0.15, 0.2) is 42.5 Å². The van der Waals surface area contributed by atoms with Gasteiger partial charge in [0.2, 0.25) is 0 Å². The minimum Gasteiger partial charge on any atom is -0.489 e. The summed E-state index contributed by atoms with van der Waals surface area (Å²) < 4.78 is 19.0. The molecule has 0 aromatic heterocycles. The van der Waals surface area contributed by atoms with Crippen LogP contribution < -0.4 is 4.74 Å². The van der Waals surface area contributed by atoms with Crippen molar-refractivity contribution in [1.82, 2.24) is 0 Å². The van der Waals surface area contributed by atoms with Crippen molar-refractivity contribution in [2.24, 2.45) is 0 Å². The van der Waals surface area contributed by atoms with Crippen LogP contribution in [0.5, 0.6) is 5.75 Å². The lowest BCUT2D eigenvalue weighted by atomic mass is 10.1. The van der Waals surface area contributed by atoms with Crippen molar-refractivity contribution in [3.8, 4) is 5.75 Å². The van der Waals surface area contributed by atoms with Crippen molar-refractivity contribution < 1.29 is 19.0 Å². The molecule has 3 nitrogen and oxygen atoms in total. The van der Waals surface area contributed by atoms with Gasteiger partial charge in [0, 0.05) is 10.6 Å². The van der Waals surface area contributed by atoms with Gasteiger partial charge in [-0.2, -0.15) is 0 Å². The Hall–Kier alpha value is -2.07. The first-order chi connectivity index (χ1) is 9.06. The molecule has 0 aliphatic carbocycles. The number of aromatic carboxylic acids is 1. The number of rotatable bonds is 4. The van der Waals surface area contributed by atoms with Crippen LogP contribution in [0.4, 0.5) is 4.39 Å². The fourth-order valence-corrected chi connectivity index (χ4v) is 1.70. The zero-order chi connectivity index (χ0) is 13.8. The maximum Gasteiger partial charge on any atom is 0.335 e. The van der Waals surface area contributed by atoms with Gasteiger partial charge in [-0.3, -0.25) is 0 Å². The van der Waals surface area contributed by atoms with Gasteiger partial charge in [0.15, 0.2) is 0 Å². The maximum atomic E-state index is 13.6. The molecule has 2 rings (SSSR count). The van der Waals surface area contributed by atoms with E-state index in [0.29, 0.717) is 10.8 Å². The minimum absolute atomic E-state index is 0.00603. The molecule has 5 heteroatoms. The summed E-state index contributed by atoms with van der Waals surface area (Å²) in [7, 11) is 0. The molecule has 0 bridgehead atoms. The summed E-state index contributed by atoms with van der Waals surface area (Å²) in [6.07, 6.45) is 0. The Labute approximate surface area is 114 Å². The molecule has 0 aliphatic heterocycles. The van der Waals surface area contributed by atoms with Crippen LogP contribution in [0.1, 0.15) is 15.9 Å². The number of ether oxygens (including phenoxy) is 1. The highest BCUT2D eigenvalue weighted by Crippen LogP contribution is 2.19. The van der Waals surface area contributed by atoms with Crippen LogP contribution >= 0.6 is 11.6 Å². The van der Waals surface area contributed by atoms with E-state index in [9.17, 15) is 9.18 Å². The molecule has 1 N–H and O–H groups in total. The van der Waals surface area contributed by atoms with Crippen LogP contribution in [0.25, 0.3) is 0 Å². The number of carboxylic acid groups (broad SMARTS) is 1. The fourth-order valence-electron chi connectivity index (χ4n) is 1.52. The molecule has 0 saturated heterocycles. The predicted octanol–water partition coefficient (Wildman–Crippen LogP) is 3.76. The third-order valence-electron chi connectivity index (χ3n) is 2.49. The number of benzene rings is 2. The van der Waals surface area contributed by atoms with E-state index in [0.717, 1.165) is 6.07 Å². The molecule has 0 atom stereocenters. The van der Waals surface area contributed by atoms with E-state index < -0.39 is 11.8 Å². The van der Waals surface area contributed by atoms with E-state index in [1.807, 2.05) is 0 Å². The van der Waals surface area contributed by atoms with E-state index in [4.69, 9.17) is 21.4 Å². The molecule has 0 heterocycles. The first kappa shape index (κ1) is 13.4. The maximum absolute atomic E-state index is 13.6. The lowest BCUT2D eigenvalue weighted by Crippen LogP contribution is -2.02. The number of hydrogen-bond acceptors (Lipinski definition) is 2. The van der Waals surface area contributed by atoms with Crippen LogP contribution in [0.3, 0.4) is 0 Å². The quantitative estimate of drug-likeness (QED) is 0.927. The zero-order valence-corrected chi connectivity index (χ0v) is 10.5. The molecule has 0 amide bonds. The Bertz CT molecular complexity index is 613.